The van der Waals surface area contributed by atoms with E-state index in [9.17, 15) is 4.79 Å². The van der Waals surface area contributed by atoms with Crippen molar-refractivity contribution in [2.45, 2.75) is 12.8 Å². The lowest BCUT2D eigenvalue weighted by atomic mass is 10.1. The van der Waals surface area contributed by atoms with Crippen molar-refractivity contribution < 1.29 is 4.79 Å². The Labute approximate surface area is 117 Å². The first-order chi connectivity index (χ1) is 7.65. The van der Waals surface area contributed by atoms with Gasteiger partial charge in [0.15, 0.2) is 0 Å². The standard InChI is InChI=1S/C11H14Cl2N2O.ClH/c12-9-3-1-2-8(11(9)13)5-7-15-10(16)4-6-14;/h1-3H,4-7,14H2,(H,15,16);1H. The van der Waals surface area contributed by atoms with Crippen LogP contribution in [0.3, 0.4) is 0 Å². The summed E-state index contributed by atoms with van der Waals surface area (Å²) in [6.45, 7) is 0.905. The molecule has 3 nitrogen and oxygen atoms in total. The second-order valence-electron chi connectivity index (χ2n) is 3.35. The number of carbonyl (C=O) groups is 1. The van der Waals surface area contributed by atoms with Gasteiger partial charge in [0.05, 0.1) is 10.0 Å². The topological polar surface area (TPSA) is 55.1 Å². The normalized spacial score (nSPS) is 9.59. The number of halogens is 3. The summed E-state index contributed by atoms with van der Waals surface area (Å²) in [4.78, 5) is 11.1. The largest absolute Gasteiger partial charge is 0.356 e. The van der Waals surface area contributed by atoms with Crippen LogP contribution in [-0.4, -0.2) is 19.0 Å². The van der Waals surface area contributed by atoms with Crippen molar-refractivity contribution in [1.29, 1.82) is 0 Å². The number of hydrogen-bond acceptors (Lipinski definition) is 2. The molecule has 0 atom stereocenters. The number of benzene rings is 1. The Hall–Kier alpha value is -0.480. The lowest BCUT2D eigenvalue weighted by Gasteiger charge is -2.07. The second kappa shape index (κ2) is 8.59. The molecule has 0 aliphatic heterocycles. The van der Waals surface area contributed by atoms with Crippen LogP contribution in [0.1, 0.15) is 12.0 Å². The number of rotatable bonds is 5. The van der Waals surface area contributed by atoms with Crippen LogP contribution in [0.2, 0.25) is 10.0 Å². The van der Waals surface area contributed by atoms with Crippen LogP contribution < -0.4 is 11.1 Å². The Bertz CT molecular complexity index is 372. The summed E-state index contributed by atoms with van der Waals surface area (Å²) >= 11 is 11.9. The lowest BCUT2D eigenvalue weighted by molar-refractivity contribution is -0.120. The number of nitrogens with one attached hydrogen (secondary N) is 1. The van der Waals surface area contributed by atoms with Crippen molar-refractivity contribution in [2.75, 3.05) is 13.1 Å². The Morgan fingerprint density at radius 3 is 2.71 bits per heavy atom. The monoisotopic (exact) mass is 296 g/mol. The van der Waals surface area contributed by atoms with Gasteiger partial charge in [0.1, 0.15) is 0 Å². The fourth-order valence-corrected chi connectivity index (χ4v) is 1.71. The van der Waals surface area contributed by atoms with Gasteiger partial charge in [-0.15, -0.1) is 12.4 Å². The molecule has 0 aliphatic carbocycles. The van der Waals surface area contributed by atoms with E-state index >= 15 is 0 Å². The second-order valence-corrected chi connectivity index (χ2v) is 4.14. The van der Waals surface area contributed by atoms with Crippen LogP contribution in [0.5, 0.6) is 0 Å². The smallest absolute Gasteiger partial charge is 0.221 e. The van der Waals surface area contributed by atoms with Crippen molar-refractivity contribution in [3.63, 3.8) is 0 Å². The third-order valence-electron chi connectivity index (χ3n) is 2.12. The molecular formula is C11H15Cl3N2O. The molecule has 0 heterocycles. The van der Waals surface area contributed by atoms with Crippen LogP contribution in [0.4, 0.5) is 0 Å². The Morgan fingerprint density at radius 2 is 2.06 bits per heavy atom. The van der Waals surface area contributed by atoms with Gasteiger partial charge in [-0.3, -0.25) is 4.79 Å². The minimum Gasteiger partial charge on any atom is -0.356 e. The molecule has 0 saturated carbocycles. The summed E-state index contributed by atoms with van der Waals surface area (Å²) in [7, 11) is 0. The Balaban J connectivity index is 0.00000256. The summed E-state index contributed by atoms with van der Waals surface area (Å²) in [6.07, 6.45) is 1.01. The highest BCUT2D eigenvalue weighted by Crippen LogP contribution is 2.25. The molecule has 1 amide bonds. The van der Waals surface area contributed by atoms with E-state index in [0.717, 1.165) is 5.56 Å². The van der Waals surface area contributed by atoms with Crippen molar-refractivity contribution in [3.8, 4) is 0 Å². The summed E-state index contributed by atoms with van der Waals surface area (Å²) < 4.78 is 0. The molecule has 1 rings (SSSR count). The van der Waals surface area contributed by atoms with Crippen molar-refractivity contribution in [3.05, 3.63) is 33.8 Å². The minimum atomic E-state index is -0.0411. The predicted molar refractivity (Wildman–Crippen MR) is 74.1 cm³/mol. The highest BCUT2D eigenvalue weighted by molar-refractivity contribution is 6.42. The van der Waals surface area contributed by atoms with Gasteiger partial charge in [0, 0.05) is 19.5 Å². The van der Waals surface area contributed by atoms with E-state index in [1.807, 2.05) is 12.1 Å². The molecule has 0 bridgehead atoms. The van der Waals surface area contributed by atoms with E-state index in [0.29, 0.717) is 36.0 Å². The number of carbonyl (C=O) groups excluding carboxylic acids is 1. The molecule has 6 heteroatoms. The van der Waals surface area contributed by atoms with E-state index in [4.69, 9.17) is 28.9 Å². The minimum absolute atomic E-state index is 0. The van der Waals surface area contributed by atoms with Gasteiger partial charge >= 0.3 is 0 Å². The molecule has 0 spiro atoms. The van der Waals surface area contributed by atoms with E-state index in [2.05, 4.69) is 5.32 Å². The zero-order valence-electron chi connectivity index (χ0n) is 9.21. The maximum Gasteiger partial charge on any atom is 0.221 e. The summed E-state index contributed by atoms with van der Waals surface area (Å²) in [5.74, 6) is -0.0411. The van der Waals surface area contributed by atoms with Crippen LogP contribution in [0, 0.1) is 0 Å². The first-order valence-electron chi connectivity index (χ1n) is 5.05. The fourth-order valence-electron chi connectivity index (χ4n) is 1.30. The molecule has 0 fully saturated rings. The molecule has 0 saturated heterocycles. The van der Waals surface area contributed by atoms with Crippen molar-refractivity contribution >= 4 is 41.5 Å². The Morgan fingerprint density at radius 1 is 1.35 bits per heavy atom. The third-order valence-corrected chi connectivity index (χ3v) is 2.98. The Kier molecular flexibility index (Phi) is 8.35. The summed E-state index contributed by atoms with van der Waals surface area (Å²) in [6, 6.07) is 5.47. The molecule has 17 heavy (non-hydrogen) atoms. The van der Waals surface area contributed by atoms with Gasteiger partial charge < -0.3 is 11.1 Å². The highest BCUT2D eigenvalue weighted by atomic mass is 35.5. The predicted octanol–water partition coefficient (Wildman–Crippen LogP) is 2.42. The number of hydrogen-bond donors (Lipinski definition) is 2. The van der Waals surface area contributed by atoms with Gasteiger partial charge in [0.2, 0.25) is 5.91 Å². The van der Waals surface area contributed by atoms with E-state index in [1.165, 1.54) is 0 Å². The highest BCUT2D eigenvalue weighted by Gasteiger charge is 2.04. The molecule has 3 N–H and O–H groups in total. The summed E-state index contributed by atoms with van der Waals surface area (Å²) in [5.41, 5.74) is 6.19. The van der Waals surface area contributed by atoms with Gasteiger partial charge in [-0.05, 0) is 18.1 Å². The SMILES string of the molecule is Cl.NCCC(=O)NCCc1cccc(Cl)c1Cl. The maximum atomic E-state index is 11.1. The van der Waals surface area contributed by atoms with Crippen LogP contribution in [0.15, 0.2) is 18.2 Å². The average Bonchev–Trinajstić information content (AvgIpc) is 2.25. The lowest BCUT2D eigenvalue weighted by Crippen LogP contribution is -2.27. The van der Waals surface area contributed by atoms with Crippen molar-refractivity contribution in [2.24, 2.45) is 5.73 Å². The van der Waals surface area contributed by atoms with E-state index in [-0.39, 0.29) is 18.3 Å². The van der Waals surface area contributed by atoms with Crippen LogP contribution >= 0.6 is 35.6 Å². The molecule has 0 radical (unpaired) electrons. The molecular weight excluding hydrogens is 282 g/mol. The zero-order chi connectivity index (χ0) is 12.0. The molecule has 1 aromatic rings. The maximum absolute atomic E-state index is 11.1. The summed E-state index contributed by atoms with van der Waals surface area (Å²) in [5, 5.41) is 3.85. The number of nitrogens with two attached hydrogens (primary N) is 1. The molecule has 0 unspecified atom stereocenters. The number of amides is 1. The molecule has 96 valence electrons. The van der Waals surface area contributed by atoms with Crippen LogP contribution in [0.25, 0.3) is 0 Å². The zero-order valence-corrected chi connectivity index (χ0v) is 11.5. The van der Waals surface area contributed by atoms with E-state index < -0.39 is 0 Å². The quantitative estimate of drug-likeness (QED) is 0.877. The first kappa shape index (κ1) is 16.5. The molecule has 0 aromatic heterocycles. The first-order valence-corrected chi connectivity index (χ1v) is 5.80. The van der Waals surface area contributed by atoms with Gasteiger partial charge in [0.25, 0.3) is 0 Å². The van der Waals surface area contributed by atoms with Gasteiger partial charge in [-0.2, -0.15) is 0 Å². The average molecular weight is 298 g/mol. The third kappa shape index (κ3) is 5.59. The van der Waals surface area contributed by atoms with Crippen LogP contribution in [-0.2, 0) is 11.2 Å². The molecule has 0 aliphatic rings. The fraction of sp³-hybridized carbons (Fsp3) is 0.364. The van der Waals surface area contributed by atoms with Gasteiger partial charge in [-0.1, -0.05) is 35.3 Å². The van der Waals surface area contributed by atoms with Crippen molar-refractivity contribution in [1.82, 2.24) is 5.32 Å². The van der Waals surface area contributed by atoms with Gasteiger partial charge in [-0.25, -0.2) is 0 Å². The molecule has 1 aromatic carbocycles. The van der Waals surface area contributed by atoms with E-state index in [1.54, 1.807) is 6.07 Å².